The zero-order valence-electron chi connectivity index (χ0n) is 12.3. The van der Waals surface area contributed by atoms with Crippen LogP contribution in [-0.2, 0) is 9.59 Å². The maximum absolute atomic E-state index is 12.1. The van der Waals surface area contributed by atoms with Crippen LogP contribution in [0.15, 0.2) is 22.7 Å². The van der Waals surface area contributed by atoms with E-state index in [1.165, 1.54) is 0 Å². The number of carbonyl (C=O) groups excluding carboxylic acids is 1. The van der Waals surface area contributed by atoms with E-state index in [4.69, 9.17) is 5.11 Å². The highest BCUT2D eigenvalue weighted by Gasteiger charge is 2.26. The molecule has 5 nitrogen and oxygen atoms in total. The van der Waals surface area contributed by atoms with Crippen molar-refractivity contribution < 1.29 is 14.7 Å². The van der Waals surface area contributed by atoms with Gasteiger partial charge < -0.3 is 10.4 Å². The van der Waals surface area contributed by atoms with Crippen molar-refractivity contribution in [2.24, 2.45) is 5.92 Å². The Balaban J connectivity index is 0.00000242. The van der Waals surface area contributed by atoms with Gasteiger partial charge in [0.25, 0.3) is 0 Å². The third-order valence-corrected chi connectivity index (χ3v) is 4.18. The second kappa shape index (κ2) is 8.50. The molecule has 0 aromatic heterocycles. The summed E-state index contributed by atoms with van der Waals surface area (Å²) in [6, 6.07) is 5.68. The van der Waals surface area contributed by atoms with Crippen LogP contribution < -0.4 is 5.32 Å². The highest BCUT2D eigenvalue weighted by Crippen LogP contribution is 2.20. The average molecular weight is 392 g/mol. The average Bonchev–Trinajstić information content (AvgIpc) is 2.42. The standard InChI is InChI=1S/C15H19BrN2O3.ClH/c1-10-7-12(16)4-5-13(10)17-14(19)9-18-6-2-3-11(8-18)15(20)21;/h4-5,7,11H,2-3,6,8-9H2,1H3,(H,17,19)(H,20,21);1H. The zero-order valence-corrected chi connectivity index (χ0v) is 14.7. The second-order valence-electron chi connectivity index (χ2n) is 5.42. The lowest BCUT2D eigenvalue weighted by Crippen LogP contribution is -2.42. The minimum Gasteiger partial charge on any atom is -0.481 e. The quantitative estimate of drug-likeness (QED) is 0.828. The summed E-state index contributed by atoms with van der Waals surface area (Å²) in [6.45, 7) is 3.39. The fourth-order valence-corrected chi connectivity index (χ4v) is 3.04. The number of aryl methyl sites for hydroxylation is 1. The summed E-state index contributed by atoms with van der Waals surface area (Å²) < 4.78 is 0.971. The Hall–Kier alpha value is -1.11. The second-order valence-corrected chi connectivity index (χ2v) is 6.34. The van der Waals surface area contributed by atoms with Crippen molar-refractivity contribution in [2.75, 3.05) is 25.0 Å². The molecular formula is C15H20BrClN2O3. The fourth-order valence-electron chi connectivity index (χ4n) is 2.56. The number of nitrogens with one attached hydrogen (secondary N) is 1. The largest absolute Gasteiger partial charge is 0.481 e. The molecule has 1 fully saturated rings. The maximum Gasteiger partial charge on any atom is 0.307 e. The molecule has 0 bridgehead atoms. The SMILES string of the molecule is Cc1cc(Br)ccc1NC(=O)CN1CCCC(C(=O)O)C1.Cl. The van der Waals surface area contributed by atoms with E-state index < -0.39 is 5.97 Å². The summed E-state index contributed by atoms with van der Waals surface area (Å²) in [5.41, 5.74) is 1.77. The first kappa shape index (κ1) is 18.9. The summed E-state index contributed by atoms with van der Waals surface area (Å²) in [6.07, 6.45) is 1.51. The monoisotopic (exact) mass is 390 g/mol. The number of hydrogen-bond acceptors (Lipinski definition) is 3. The van der Waals surface area contributed by atoms with E-state index in [0.29, 0.717) is 13.0 Å². The predicted octanol–water partition coefficient (Wildman–Crippen LogP) is 2.91. The number of anilines is 1. The number of rotatable bonds is 4. The van der Waals surface area contributed by atoms with Crippen LogP contribution in [0.4, 0.5) is 5.69 Å². The van der Waals surface area contributed by atoms with Crippen LogP contribution >= 0.6 is 28.3 Å². The molecule has 122 valence electrons. The zero-order chi connectivity index (χ0) is 15.4. The molecule has 0 radical (unpaired) electrons. The maximum atomic E-state index is 12.1. The molecule has 1 aromatic rings. The van der Waals surface area contributed by atoms with Gasteiger partial charge >= 0.3 is 5.97 Å². The first-order valence-electron chi connectivity index (χ1n) is 6.97. The Kier molecular flexibility index (Phi) is 7.32. The van der Waals surface area contributed by atoms with Crippen LogP contribution in [0.1, 0.15) is 18.4 Å². The van der Waals surface area contributed by atoms with Crippen molar-refractivity contribution >= 4 is 45.9 Å². The number of benzene rings is 1. The molecule has 1 heterocycles. The van der Waals surface area contributed by atoms with Crippen LogP contribution in [0, 0.1) is 12.8 Å². The topological polar surface area (TPSA) is 69.6 Å². The van der Waals surface area contributed by atoms with Crippen molar-refractivity contribution in [3.63, 3.8) is 0 Å². The number of piperidine rings is 1. The lowest BCUT2D eigenvalue weighted by molar-refractivity contribution is -0.144. The van der Waals surface area contributed by atoms with Gasteiger partial charge in [-0.3, -0.25) is 14.5 Å². The molecule has 7 heteroatoms. The summed E-state index contributed by atoms with van der Waals surface area (Å²) in [5.74, 6) is -1.24. The van der Waals surface area contributed by atoms with Gasteiger partial charge in [0.05, 0.1) is 12.5 Å². The molecule has 1 aromatic carbocycles. The number of likely N-dealkylation sites (tertiary alicyclic amines) is 1. The van der Waals surface area contributed by atoms with E-state index in [9.17, 15) is 9.59 Å². The highest BCUT2D eigenvalue weighted by molar-refractivity contribution is 9.10. The Morgan fingerprint density at radius 2 is 2.18 bits per heavy atom. The van der Waals surface area contributed by atoms with Crippen molar-refractivity contribution in [1.82, 2.24) is 4.90 Å². The highest BCUT2D eigenvalue weighted by atomic mass is 79.9. The van der Waals surface area contributed by atoms with Gasteiger partial charge in [0.1, 0.15) is 0 Å². The Labute approximate surface area is 144 Å². The van der Waals surface area contributed by atoms with Crippen molar-refractivity contribution in [3.05, 3.63) is 28.2 Å². The number of nitrogens with zero attached hydrogens (tertiary/aromatic N) is 1. The van der Waals surface area contributed by atoms with Gasteiger partial charge in [-0.2, -0.15) is 0 Å². The number of carboxylic acid groups (broad SMARTS) is 1. The number of carbonyl (C=O) groups is 2. The van der Waals surface area contributed by atoms with E-state index in [-0.39, 0.29) is 30.8 Å². The van der Waals surface area contributed by atoms with Gasteiger partial charge in [-0.25, -0.2) is 0 Å². The van der Waals surface area contributed by atoms with E-state index in [2.05, 4.69) is 21.2 Å². The lowest BCUT2D eigenvalue weighted by Gasteiger charge is -2.30. The smallest absolute Gasteiger partial charge is 0.307 e. The molecule has 22 heavy (non-hydrogen) atoms. The van der Waals surface area contributed by atoms with E-state index in [0.717, 1.165) is 28.7 Å². The molecule has 1 aliphatic heterocycles. The Bertz CT molecular complexity index is 554. The molecular weight excluding hydrogens is 372 g/mol. The molecule has 2 rings (SSSR count). The number of aliphatic carboxylic acids is 1. The molecule has 1 aliphatic rings. The summed E-state index contributed by atoms with van der Waals surface area (Å²) in [7, 11) is 0. The minimum atomic E-state index is -0.774. The van der Waals surface area contributed by atoms with E-state index >= 15 is 0 Å². The normalized spacial score (nSPS) is 18.4. The van der Waals surface area contributed by atoms with Gasteiger partial charge in [-0.05, 0) is 50.1 Å². The minimum absolute atomic E-state index is 0. The van der Waals surface area contributed by atoms with Gasteiger partial charge in [-0.15, -0.1) is 12.4 Å². The van der Waals surface area contributed by atoms with Crippen LogP contribution in [0.2, 0.25) is 0 Å². The molecule has 1 atom stereocenters. The first-order valence-corrected chi connectivity index (χ1v) is 7.76. The van der Waals surface area contributed by atoms with Gasteiger partial charge in [0.15, 0.2) is 0 Å². The number of hydrogen-bond donors (Lipinski definition) is 2. The molecule has 0 saturated carbocycles. The predicted molar refractivity (Wildman–Crippen MR) is 91.6 cm³/mol. The van der Waals surface area contributed by atoms with Crippen LogP contribution in [0.5, 0.6) is 0 Å². The van der Waals surface area contributed by atoms with Crippen LogP contribution in [-0.4, -0.2) is 41.5 Å². The lowest BCUT2D eigenvalue weighted by atomic mass is 9.98. The van der Waals surface area contributed by atoms with Crippen molar-refractivity contribution in [1.29, 1.82) is 0 Å². The Morgan fingerprint density at radius 3 is 2.82 bits per heavy atom. The number of carboxylic acids is 1. The molecule has 1 saturated heterocycles. The molecule has 2 N–H and O–H groups in total. The summed E-state index contributed by atoms with van der Waals surface area (Å²) in [5, 5.41) is 11.9. The van der Waals surface area contributed by atoms with Crippen molar-refractivity contribution in [3.8, 4) is 0 Å². The third-order valence-electron chi connectivity index (χ3n) is 3.68. The van der Waals surface area contributed by atoms with Crippen LogP contribution in [0.25, 0.3) is 0 Å². The third kappa shape index (κ3) is 5.26. The summed E-state index contributed by atoms with van der Waals surface area (Å²) >= 11 is 3.39. The Morgan fingerprint density at radius 1 is 1.45 bits per heavy atom. The fraction of sp³-hybridized carbons (Fsp3) is 0.467. The molecule has 1 unspecified atom stereocenters. The number of amides is 1. The van der Waals surface area contributed by atoms with Gasteiger partial charge in [-0.1, -0.05) is 15.9 Å². The number of halogens is 2. The van der Waals surface area contributed by atoms with E-state index in [1.807, 2.05) is 30.0 Å². The van der Waals surface area contributed by atoms with Crippen LogP contribution in [0.3, 0.4) is 0 Å². The van der Waals surface area contributed by atoms with Crippen molar-refractivity contribution in [2.45, 2.75) is 19.8 Å². The summed E-state index contributed by atoms with van der Waals surface area (Å²) in [4.78, 5) is 25.0. The molecule has 0 spiro atoms. The van der Waals surface area contributed by atoms with E-state index in [1.54, 1.807) is 0 Å². The van der Waals surface area contributed by atoms with Gasteiger partial charge in [0.2, 0.25) is 5.91 Å². The molecule has 1 amide bonds. The van der Waals surface area contributed by atoms with Gasteiger partial charge in [0, 0.05) is 16.7 Å². The molecule has 0 aliphatic carbocycles. The first-order chi connectivity index (χ1) is 9.95.